The molecule has 0 atom stereocenters. The Morgan fingerprint density at radius 3 is 2.94 bits per heavy atom. The Hall–Kier alpha value is -1.39. The first kappa shape index (κ1) is 11.1. The SMILES string of the molecule is CC(C)c1nc2ccc(CCON)cc2[nH]1. The number of hydrogen-bond donors (Lipinski definition) is 2. The maximum absolute atomic E-state index is 5.01. The molecule has 1 aromatic carbocycles. The number of imidazole rings is 1. The third-order valence-electron chi connectivity index (χ3n) is 2.62. The molecule has 1 aromatic heterocycles. The number of nitrogens with zero attached hydrogens (tertiary/aromatic N) is 1. The monoisotopic (exact) mass is 219 g/mol. The number of benzene rings is 1. The quantitative estimate of drug-likeness (QED) is 0.774. The second kappa shape index (κ2) is 4.63. The first-order chi connectivity index (χ1) is 7.70. The summed E-state index contributed by atoms with van der Waals surface area (Å²) in [6.45, 7) is 4.79. The van der Waals surface area contributed by atoms with E-state index in [2.05, 4.69) is 40.8 Å². The fraction of sp³-hybridized carbons (Fsp3) is 0.417. The van der Waals surface area contributed by atoms with Gasteiger partial charge in [-0.25, -0.2) is 10.9 Å². The largest absolute Gasteiger partial charge is 0.342 e. The molecule has 0 saturated carbocycles. The third kappa shape index (κ3) is 2.23. The van der Waals surface area contributed by atoms with Crippen molar-refractivity contribution in [3.63, 3.8) is 0 Å². The van der Waals surface area contributed by atoms with Crippen molar-refractivity contribution in [2.24, 2.45) is 5.90 Å². The summed E-state index contributed by atoms with van der Waals surface area (Å²) in [5.74, 6) is 6.46. The van der Waals surface area contributed by atoms with Crippen molar-refractivity contribution in [2.75, 3.05) is 6.61 Å². The van der Waals surface area contributed by atoms with Gasteiger partial charge in [-0.2, -0.15) is 0 Å². The van der Waals surface area contributed by atoms with Crippen LogP contribution in [0, 0.1) is 0 Å². The highest BCUT2D eigenvalue weighted by atomic mass is 16.6. The number of hydrogen-bond acceptors (Lipinski definition) is 3. The summed E-state index contributed by atoms with van der Waals surface area (Å²) in [6.07, 6.45) is 0.822. The molecule has 0 radical (unpaired) electrons. The Bertz CT molecular complexity index is 476. The molecule has 0 aliphatic carbocycles. The Kier molecular flexibility index (Phi) is 3.22. The molecule has 0 aliphatic heterocycles. The van der Waals surface area contributed by atoms with Crippen LogP contribution in [0.1, 0.15) is 31.2 Å². The van der Waals surface area contributed by atoms with E-state index in [-0.39, 0.29) is 0 Å². The summed E-state index contributed by atoms with van der Waals surface area (Å²) in [5.41, 5.74) is 3.30. The predicted molar refractivity (Wildman–Crippen MR) is 64.0 cm³/mol. The molecule has 0 unspecified atom stereocenters. The normalized spacial score (nSPS) is 11.5. The lowest BCUT2D eigenvalue weighted by Crippen LogP contribution is -2.03. The lowest BCUT2D eigenvalue weighted by Gasteiger charge is -1.99. The first-order valence-corrected chi connectivity index (χ1v) is 5.51. The van der Waals surface area contributed by atoms with Crippen LogP contribution in [0.15, 0.2) is 18.2 Å². The van der Waals surface area contributed by atoms with E-state index in [1.165, 1.54) is 5.56 Å². The summed E-state index contributed by atoms with van der Waals surface area (Å²) in [6, 6.07) is 6.20. The van der Waals surface area contributed by atoms with Crippen LogP contribution in [0.3, 0.4) is 0 Å². The van der Waals surface area contributed by atoms with Gasteiger partial charge in [-0.3, -0.25) is 0 Å². The van der Waals surface area contributed by atoms with Gasteiger partial charge in [0.05, 0.1) is 17.6 Å². The molecule has 0 fully saturated rings. The minimum absolute atomic E-state index is 0.420. The van der Waals surface area contributed by atoms with Gasteiger partial charge in [0.1, 0.15) is 5.82 Å². The van der Waals surface area contributed by atoms with E-state index in [0.29, 0.717) is 12.5 Å². The highest BCUT2D eigenvalue weighted by Gasteiger charge is 2.06. The second-order valence-corrected chi connectivity index (χ2v) is 4.25. The predicted octanol–water partition coefficient (Wildman–Crippen LogP) is 2.12. The van der Waals surface area contributed by atoms with Crippen LogP contribution in [0.2, 0.25) is 0 Å². The molecule has 1 heterocycles. The molecule has 0 bridgehead atoms. The van der Waals surface area contributed by atoms with Crippen molar-refractivity contribution >= 4 is 11.0 Å². The molecule has 0 amide bonds. The van der Waals surface area contributed by atoms with E-state index in [0.717, 1.165) is 23.3 Å². The van der Waals surface area contributed by atoms with E-state index in [1.807, 2.05) is 6.07 Å². The number of nitrogens with two attached hydrogens (primary N) is 1. The second-order valence-electron chi connectivity index (χ2n) is 4.25. The average Bonchev–Trinajstić information content (AvgIpc) is 2.69. The number of H-pyrrole nitrogens is 1. The van der Waals surface area contributed by atoms with E-state index in [1.54, 1.807) is 0 Å². The highest BCUT2D eigenvalue weighted by molar-refractivity contribution is 5.76. The fourth-order valence-electron chi connectivity index (χ4n) is 1.68. The zero-order chi connectivity index (χ0) is 11.5. The van der Waals surface area contributed by atoms with Crippen molar-refractivity contribution in [3.8, 4) is 0 Å². The first-order valence-electron chi connectivity index (χ1n) is 5.51. The molecule has 4 heteroatoms. The van der Waals surface area contributed by atoms with Crippen molar-refractivity contribution in [2.45, 2.75) is 26.2 Å². The zero-order valence-corrected chi connectivity index (χ0v) is 9.66. The molecule has 0 spiro atoms. The molecular weight excluding hydrogens is 202 g/mol. The lowest BCUT2D eigenvalue weighted by atomic mass is 10.1. The summed E-state index contributed by atoms with van der Waals surface area (Å²) >= 11 is 0. The maximum Gasteiger partial charge on any atom is 0.109 e. The van der Waals surface area contributed by atoms with Gasteiger partial charge in [0.2, 0.25) is 0 Å². The Morgan fingerprint density at radius 1 is 1.44 bits per heavy atom. The van der Waals surface area contributed by atoms with Gasteiger partial charge in [0.15, 0.2) is 0 Å². The van der Waals surface area contributed by atoms with Crippen LogP contribution in [0.4, 0.5) is 0 Å². The van der Waals surface area contributed by atoms with E-state index in [4.69, 9.17) is 5.90 Å². The molecule has 0 saturated heterocycles. The number of nitrogens with one attached hydrogen (secondary N) is 1. The van der Waals surface area contributed by atoms with Crippen LogP contribution in [-0.2, 0) is 11.3 Å². The molecule has 0 aliphatic rings. The molecular formula is C12H17N3O. The fourth-order valence-corrected chi connectivity index (χ4v) is 1.68. The molecule has 16 heavy (non-hydrogen) atoms. The van der Waals surface area contributed by atoms with Crippen molar-refractivity contribution < 1.29 is 4.84 Å². The van der Waals surface area contributed by atoms with Crippen LogP contribution >= 0.6 is 0 Å². The molecule has 2 aromatic rings. The Balaban J connectivity index is 2.30. The number of fused-ring (bicyclic) bond motifs is 1. The topological polar surface area (TPSA) is 63.9 Å². The van der Waals surface area contributed by atoms with Crippen molar-refractivity contribution in [1.29, 1.82) is 0 Å². The Morgan fingerprint density at radius 2 is 2.25 bits per heavy atom. The van der Waals surface area contributed by atoms with Crippen LogP contribution < -0.4 is 5.90 Å². The minimum atomic E-state index is 0.420. The smallest absolute Gasteiger partial charge is 0.109 e. The molecule has 86 valence electrons. The third-order valence-corrected chi connectivity index (χ3v) is 2.62. The van der Waals surface area contributed by atoms with Gasteiger partial charge < -0.3 is 9.82 Å². The number of aromatic amines is 1. The number of rotatable bonds is 4. The van der Waals surface area contributed by atoms with Gasteiger partial charge in [0, 0.05) is 5.92 Å². The Labute approximate surface area is 94.8 Å². The summed E-state index contributed by atoms with van der Waals surface area (Å²) in [4.78, 5) is 12.4. The minimum Gasteiger partial charge on any atom is -0.342 e. The van der Waals surface area contributed by atoms with E-state index >= 15 is 0 Å². The van der Waals surface area contributed by atoms with Gasteiger partial charge in [-0.05, 0) is 24.1 Å². The van der Waals surface area contributed by atoms with Crippen molar-refractivity contribution in [3.05, 3.63) is 29.6 Å². The van der Waals surface area contributed by atoms with Gasteiger partial charge in [-0.1, -0.05) is 19.9 Å². The van der Waals surface area contributed by atoms with Crippen molar-refractivity contribution in [1.82, 2.24) is 9.97 Å². The van der Waals surface area contributed by atoms with Crippen LogP contribution in [0.5, 0.6) is 0 Å². The zero-order valence-electron chi connectivity index (χ0n) is 9.66. The van der Waals surface area contributed by atoms with Crippen LogP contribution in [-0.4, -0.2) is 16.6 Å². The summed E-state index contributed by atoms with van der Waals surface area (Å²) in [7, 11) is 0. The average molecular weight is 219 g/mol. The van der Waals surface area contributed by atoms with E-state index in [9.17, 15) is 0 Å². The maximum atomic E-state index is 5.01. The molecule has 3 N–H and O–H groups in total. The number of aromatic nitrogens is 2. The van der Waals surface area contributed by atoms with E-state index < -0.39 is 0 Å². The summed E-state index contributed by atoms with van der Waals surface area (Å²) in [5, 5.41) is 0. The van der Waals surface area contributed by atoms with Crippen LogP contribution in [0.25, 0.3) is 11.0 Å². The molecule has 4 nitrogen and oxygen atoms in total. The standard InChI is InChI=1S/C12H17N3O/c1-8(2)12-14-10-4-3-9(5-6-16-13)7-11(10)15-12/h3-4,7-8H,5-6,13H2,1-2H3,(H,14,15). The highest BCUT2D eigenvalue weighted by Crippen LogP contribution is 2.18. The molecule has 2 rings (SSSR count). The summed E-state index contributed by atoms with van der Waals surface area (Å²) < 4.78 is 0. The van der Waals surface area contributed by atoms with Gasteiger partial charge in [0.25, 0.3) is 0 Å². The lowest BCUT2D eigenvalue weighted by molar-refractivity contribution is 0.141. The van der Waals surface area contributed by atoms with Gasteiger partial charge in [-0.15, -0.1) is 0 Å². The van der Waals surface area contributed by atoms with Gasteiger partial charge >= 0.3 is 0 Å².